The summed E-state index contributed by atoms with van der Waals surface area (Å²) >= 11 is 3.21. The summed E-state index contributed by atoms with van der Waals surface area (Å²) in [6.45, 7) is 5.08. The van der Waals surface area contributed by atoms with Crippen molar-refractivity contribution in [3.63, 3.8) is 0 Å². The molecular formula is C20H22N2O2S2. The van der Waals surface area contributed by atoms with E-state index in [0.29, 0.717) is 13.1 Å². The van der Waals surface area contributed by atoms with E-state index < -0.39 is 0 Å². The van der Waals surface area contributed by atoms with Crippen molar-refractivity contribution in [2.24, 2.45) is 0 Å². The molecule has 0 radical (unpaired) electrons. The van der Waals surface area contributed by atoms with Gasteiger partial charge in [0.25, 0.3) is 0 Å². The number of rotatable bonds is 4. The lowest BCUT2D eigenvalue weighted by Gasteiger charge is -2.43. The molecule has 3 heterocycles. The maximum Gasteiger partial charge on any atom is 0.246 e. The Labute approximate surface area is 162 Å². The number of nitrogens with zero attached hydrogens (tertiary/aromatic N) is 2. The van der Waals surface area contributed by atoms with Crippen molar-refractivity contribution in [1.29, 1.82) is 0 Å². The van der Waals surface area contributed by atoms with Crippen LogP contribution in [0.2, 0.25) is 0 Å². The molecule has 2 aromatic heterocycles. The zero-order valence-corrected chi connectivity index (χ0v) is 16.5. The van der Waals surface area contributed by atoms with Crippen molar-refractivity contribution < 1.29 is 9.59 Å². The first kappa shape index (κ1) is 18.6. The molecule has 2 atom stereocenters. The van der Waals surface area contributed by atoms with Gasteiger partial charge in [0.1, 0.15) is 0 Å². The molecule has 136 valence electrons. The highest BCUT2D eigenvalue weighted by atomic mass is 32.1. The fourth-order valence-corrected chi connectivity index (χ4v) is 4.25. The number of hydrogen-bond donors (Lipinski definition) is 0. The predicted molar refractivity (Wildman–Crippen MR) is 109 cm³/mol. The van der Waals surface area contributed by atoms with Crippen LogP contribution in [0, 0.1) is 0 Å². The highest BCUT2D eigenvalue weighted by molar-refractivity contribution is 7.11. The van der Waals surface area contributed by atoms with E-state index in [0.717, 1.165) is 9.75 Å². The Kier molecular flexibility index (Phi) is 6.06. The van der Waals surface area contributed by atoms with Crippen molar-refractivity contribution in [2.45, 2.75) is 25.9 Å². The van der Waals surface area contributed by atoms with E-state index in [1.54, 1.807) is 34.8 Å². The van der Waals surface area contributed by atoms with Crippen molar-refractivity contribution >= 4 is 46.6 Å². The van der Waals surface area contributed by atoms with Crippen molar-refractivity contribution in [3.05, 3.63) is 56.9 Å². The van der Waals surface area contributed by atoms with Gasteiger partial charge in [0.2, 0.25) is 11.8 Å². The highest BCUT2D eigenvalue weighted by Gasteiger charge is 2.32. The number of thiophene rings is 2. The standard InChI is InChI=1S/C20H22N2O2S2/c1-15-13-22(20(24)10-8-18-6-4-12-26-18)16(2)14-21(15)19(23)9-7-17-5-3-11-25-17/h3-12,15-16H,13-14H2,1-2H3/b9-7-,10-8-/t15-,16-/m1/s1. The van der Waals surface area contributed by atoms with Crippen molar-refractivity contribution in [3.8, 4) is 0 Å². The number of carbonyl (C=O) groups is 2. The minimum absolute atomic E-state index is 0.000948. The number of piperazine rings is 1. The van der Waals surface area contributed by atoms with Gasteiger partial charge in [-0.05, 0) is 48.9 Å². The van der Waals surface area contributed by atoms with Crippen LogP contribution in [-0.4, -0.2) is 46.8 Å². The Balaban J connectivity index is 1.61. The summed E-state index contributed by atoms with van der Waals surface area (Å²) in [6, 6.07) is 7.88. The summed E-state index contributed by atoms with van der Waals surface area (Å²) in [5.74, 6) is -0.00190. The molecule has 26 heavy (non-hydrogen) atoms. The molecule has 2 aromatic rings. The minimum atomic E-state index is -0.00854. The first-order valence-electron chi connectivity index (χ1n) is 8.59. The van der Waals surface area contributed by atoms with Crippen LogP contribution in [0.1, 0.15) is 23.6 Å². The van der Waals surface area contributed by atoms with Gasteiger partial charge in [-0.15, -0.1) is 22.7 Å². The summed E-state index contributed by atoms with van der Waals surface area (Å²) in [4.78, 5) is 30.9. The van der Waals surface area contributed by atoms with Crippen LogP contribution in [0.5, 0.6) is 0 Å². The number of amides is 2. The van der Waals surface area contributed by atoms with E-state index in [2.05, 4.69) is 0 Å². The molecule has 1 aliphatic rings. The third-order valence-corrected chi connectivity index (χ3v) is 6.09. The van der Waals surface area contributed by atoms with Crippen LogP contribution >= 0.6 is 22.7 Å². The molecule has 1 aliphatic heterocycles. The minimum Gasteiger partial charge on any atom is -0.333 e. The summed E-state index contributed by atoms with van der Waals surface area (Å²) in [7, 11) is 0. The van der Waals surface area contributed by atoms with Crippen LogP contribution < -0.4 is 0 Å². The summed E-state index contributed by atoms with van der Waals surface area (Å²) in [6.07, 6.45) is 6.96. The van der Waals surface area contributed by atoms with E-state index in [1.165, 1.54) is 0 Å². The third kappa shape index (κ3) is 4.51. The Hall–Kier alpha value is -2.18. The molecule has 0 bridgehead atoms. The summed E-state index contributed by atoms with van der Waals surface area (Å²) in [5, 5.41) is 3.98. The third-order valence-electron chi connectivity index (χ3n) is 4.42. The largest absolute Gasteiger partial charge is 0.333 e. The first-order valence-corrected chi connectivity index (χ1v) is 10.3. The van der Waals surface area contributed by atoms with Gasteiger partial charge in [-0.3, -0.25) is 9.59 Å². The number of hydrogen-bond acceptors (Lipinski definition) is 4. The van der Waals surface area contributed by atoms with E-state index in [-0.39, 0.29) is 23.9 Å². The van der Waals surface area contributed by atoms with Gasteiger partial charge in [0, 0.05) is 47.1 Å². The molecule has 0 unspecified atom stereocenters. The Morgan fingerprint density at radius 2 is 1.31 bits per heavy atom. The maximum atomic E-state index is 12.5. The molecule has 0 saturated carbocycles. The molecule has 2 amide bonds. The fourth-order valence-electron chi connectivity index (χ4n) is 3.01. The van der Waals surface area contributed by atoms with Gasteiger partial charge in [-0.2, -0.15) is 0 Å². The second kappa shape index (κ2) is 8.47. The zero-order valence-electron chi connectivity index (χ0n) is 14.9. The average Bonchev–Trinajstić information content (AvgIpc) is 3.32. The highest BCUT2D eigenvalue weighted by Crippen LogP contribution is 2.18. The fraction of sp³-hybridized carbons (Fsp3) is 0.300. The topological polar surface area (TPSA) is 40.6 Å². The lowest BCUT2D eigenvalue weighted by atomic mass is 10.1. The lowest BCUT2D eigenvalue weighted by molar-refractivity contribution is -0.139. The predicted octanol–water partition coefficient (Wildman–Crippen LogP) is 3.98. The van der Waals surface area contributed by atoms with Gasteiger partial charge in [0.15, 0.2) is 0 Å². The van der Waals surface area contributed by atoms with E-state index >= 15 is 0 Å². The van der Waals surface area contributed by atoms with Gasteiger partial charge >= 0.3 is 0 Å². The molecule has 4 nitrogen and oxygen atoms in total. The summed E-state index contributed by atoms with van der Waals surface area (Å²) in [5.41, 5.74) is 0. The SMILES string of the molecule is C[C@@H]1CN(C(=O)/C=C\c2cccs2)[C@H](C)CN1C(=O)/C=C\c1cccs1. The molecule has 6 heteroatoms. The van der Waals surface area contributed by atoms with Crippen molar-refractivity contribution in [1.82, 2.24) is 9.80 Å². The first-order chi connectivity index (χ1) is 12.5. The molecule has 0 N–H and O–H groups in total. The second-order valence-corrected chi connectivity index (χ2v) is 8.34. The molecule has 3 rings (SSSR count). The lowest BCUT2D eigenvalue weighted by Crippen LogP contribution is -2.59. The quantitative estimate of drug-likeness (QED) is 0.746. The van der Waals surface area contributed by atoms with Crippen LogP contribution in [0.25, 0.3) is 12.2 Å². The Morgan fingerprint density at radius 1 is 0.885 bits per heavy atom. The maximum absolute atomic E-state index is 12.5. The molecule has 0 spiro atoms. The summed E-state index contributed by atoms with van der Waals surface area (Å²) < 4.78 is 0. The van der Waals surface area contributed by atoms with E-state index in [4.69, 9.17) is 0 Å². The zero-order chi connectivity index (χ0) is 18.5. The monoisotopic (exact) mass is 386 g/mol. The molecule has 0 aliphatic carbocycles. The Morgan fingerprint density at radius 3 is 1.65 bits per heavy atom. The van der Waals surface area contributed by atoms with Gasteiger partial charge in [-0.25, -0.2) is 0 Å². The van der Waals surface area contributed by atoms with Gasteiger partial charge in [0.05, 0.1) is 0 Å². The molecule has 0 aromatic carbocycles. The van der Waals surface area contributed by atoms with Gasteiger partial charge in [-0.1, -0.05) is 12.1 Å². The van der Waals surface area contributed by atoms with Crippen LogP contribution in [0.15, 0.2) is 47.2 Å². The van der Waals surface area contributed by atoms with E-state index in [1.807, 2.05) is 70.8 Å². The molecule has 1 fully saturated rings. The van der Waals surface area contributed by atoms with E-state index in [9.17, 15) is 9.59 Å². The van der Waals surface area contributed by atoms with Crippen LogP contribution in [0.3, 0.4) is 0 Å². The number of carbonyl (C=O) groups excluding carboxylic acids is 2. The molecule has 1 saturated heterocycles. The second-order valence-electron chi connectivity index (χ2n) is 6.38. The van der Waals surface area contributed by atoms with Crippen LogP contribution in [0.4, 0.5) is 0 Å². The van der Waals surface area contributed by atoms with Gasteiger partial charge < -0.3 is 9.80 Å². The molecular weight excluding hydrogens is 364 g/mol. The average molecular weight is 387 g/mol. The van der Waals surface area contributed by atoms with Crippen LogP contribution in [-0.2, 0) is 9.59 Å². The van der Waals surface area contributed by atoms with Crippen molar-refractivity contribution in [2.75, 3.05) is 13.1 Å². The normalized spacial score (nSPS) is 21.0. The smallest absolute Gasteiger partial charge is 0.246 e. The Bertz CT molecular complexity index is 726.